The number of benzene rings is 1. The second-order valence-electron chi connectivity index (χ2n) is 2.37. The van der Waals surface area contributed by atoms with E-state index in [1.807, 2.05) is 0 Å². The second-order valence-corrected chi connectivity index (χ2v) is 2.78. The average molecular weight is 198 g/mol. The van der Waals surface area contributed by atoms with E-state index in [1.54, 1.807) is 25.3 Å². The molecule has 13 heavy (non-hydrogen) atoms. The van der Waals surface area contributed by atoms with Gasteiger partial charge in [-0.05, 0) is 12.1 Å². The molecule has 0 N–H and O–H groups in total. The molecule has 1 rings (SSSR count). The number of carbonyl (C=O) groups excluding carboxylic acids is 1. The summed E-state index contributed by atoms with van der Waals surface area (Å²) in [6.45, 7) is 0. The van der Waals surface area contributed by atoms with E-state index < -0.39 is 0 Å². The maximum Gasteiger partial charge on any atom is 0.220 e. The third kappa shape index (κ3) is 2.15. The van der Waals surface area contributed by atoms with Crippen molar-refractivity contribution in [2.24, 2.45) is 0 Å². The minimum Gasteiger partial charge on any atom is -0.497 e. The Morgan fingerprint density at radius 2 is 2.00 bits per heavy atom. The number of carbonyl (C=O) groups is 1. The van der Waals surface area contributed by atoms with Gasteiger partial charge in [0.15, 0.2) is 0 Å². The van der Waals surface area contributed by atoms with Crippen LogP contribution in [0, 0.1) is 0 Å². The van der Waals surface area contributed by atoms with Crippen LogP contribution >= 0.6 is 12.6 Å². The van der Waals surface area contributed by atoms with Crippen LogP contribution < -0.4 is 9.47 Å². The van der Waals surface area contributed by atoms with Crippen molar-refractivity contribution >= 4 is 17.7 Å². The largest absolute Gasteiger partial charge is 0.497 e. The monoisotopic (exact) mass is 198 g/mol. The van der Waals surface area contributed by atoms with Crippen LogP contribution in [0.5, 0.6) is 11.5 Å². The fraction of sp³-hybridized carbons (Fsp3) is 0.222. The Bertz CT molecular complexity index is 323. The Balaban J connectivity index is 3.15. The fourth-order valence-corrected chi connectivity index (χ4v) is 1.16. The van der Waals surface area contributed by atoms with Gasteiger partial charge in [-0.25, -0.2) is 0 Å². The molecular weight excluding hydrogens is 188 g/mol. The van der Waals surface area contributed by atoms with Crippen molar-refractivity contribution in [1.82, 2.24) is 0 Å². The Kier molecular flexibility index (Phi) is 3.19. The molecule has 0 aliphatic heterocycles. The van der Waals surface area contributed by atoms with Gasteiger partial charge in [0.25, 0.3) is 0 Å². The normalized spacial score (nSPS) is 9.46. The zero-order valence-corrected chi connectivity index (χ0v) is 8.30. The third-order valence-corrected chi connectivity index (χ3v) is 1.88. The zero-order valence-electron chi connectivity index (χ0n) is 7.40. The molecule has 3 nitrogen and oxygen atoms in total. The van der Waals surface area contributed by atoms with Crippen LogP contribution in [-0.4, -0.2) is 19.3 Å². The summed E-state index contributed by atoms with van der Waals surface area (Å²) in [5.41, 5.74) is 0.437. The Morgan fingerprint density at radius 1 is 1.31 bits per heavy atom. The number of rotatable bonds is 3. The zero-order chi connectivity index (χ0) is 9.84. The van der Waals surface area contributed by atoms with Crippen LogP contribution in [-0.2, 0) is 0 Å². The first kappa shape index (κ1) is 9.92. The maximum absolute atomic E-state index is 11.0. The van der Waals surface area contributed by atoms with Gasteiger partial charge in [-0.3, -0.25) is 4.79 Å². The number of ether oxygens (including phenoxy) is 2. The summed E-state index contributed by atoms with van der Waals surface area (Å²) < 4.78 is 9.97. The van der Waals surface area contributed by atoms with E-state index >= 15 is 0 Å². The molecule has 0 heterocycles. The van der Waals surface area contributed by atoms with Crippen molar-refractivity contribution in [3.8, 4) is 11.5 Å². The van der Waals surface area contributed by atoms with Crippen molar-refractivity contribution in [2.45, 2.75) is 0 Å². The molecule has 0 atom stereocenters. The average Bonchev–Trinajstić information content (AvgIpc) is 2.16. The minimum atomic E-state index is -0.320. The molecule has 0 spiro atoms. The van der Waals surface area contributed by atoms with Crippen LogP contribution in [0.2, 0.25) is 0 Å². The van der Waals surface area contributed by atoms with Gasteiger partial charge >= 0.3 is 0 Å². The molecule has 1 aromatic rings. The summed E-state index contributed by atoms with van der Waals surface area (Å²) >= 11 is 3.72. The number of hydrogen-bond donors (Lipinski definition) is 1. The number of thiol groups is 1. The summed E-state index contributed by atoms with van der Waals surface area (Å²) in [7, 11) is 3.05. The van der Waals surface area contributed by atoms with Crippen LogP contribution in [0.15, 0.2) is 18.2 Å². The van der Waals surface area contributed by atoms with Gasteiger partial charge in [0, 0.05) is 6.07 Å². The lowest BCUT2D eigenvalue weighted by atomic mass is 10.2. The van der Waals surface area contributed by atoms with Gasteiger partial charge < -0.3 is 9.47 Å². The Labute approximate surface area is 82.1 Å². The van der Waals surface area contributed by atoms with E-state index in [0.29, 0.717) is 17.1 Å². The van der Waals surface area contributed by atoms with Crippen LogP contribution in [0.25, 0.3) is 0 Å². The van der Waals surface area contributed by atoms with Gasteiger partial charge in [0.2, 0.25) is 5.12 Å². The maximum atomic E-state index is 11.0. The van der Waals surface area contributed by atoms with Gasteiger partial charge in [-0.15, -0.1) is 12.6 Å². The van der Waals surface area contributed by atoms with Crippen molar-refractivity contribution in [3.05, 3.63) is 23.8 Å². The summed E-state index contributed by atoms with van der Waals surface area (Å²) in [6, 6.07) is 4.95. The van der Waals surface area contributed by atoms with Crippen LogP contribution in [0.1, 0.15) is 10.4 Å². The first-order valence-corrected chi connectivity index (χ1v) is 4.09. The predicted octanol–water partition coefficient (Wildman–Crippen LogP) is 1.77. The molecule has 0 bridgehead atoms. The number of methoxy groups -OCH3 is 2. The number of hydrogen-bond acceptors (Lipinski definition) is 3. The smallest absolute Gasteiger partial charge is 0.220 e. The lowest BCUT2D eigenvalue weighted by Gasteiger charge is -2.06. The SMILES string of the molecule is COc1ccc(C(=O)S)c(OC)c1. The standard InChI is InChI=1S/C9H10O3S/c1-11-6-3-4-7(9(10)13)8(5-6)12-2/h3-5H,1-2H3,(H,10,13). The molecule has 0 fully saturated rings. The topological polar surface area (TPSA) is 35.5 Å². The van der Waals surface area contributed by atoms with Crippen molar-refractivity contribution in [3.63, 3.8) is 0 Å². The van der Waals surface area contributed by atoms with E-state index in [9.17, 15) is 4.79 Å². The Hall–Kier alpha value is -1.16. The van der Waals surface area contributed by atoms with Gasteiger partial charge in [0.05, 0.1) is 19.8 Å². The first-order chi connectivity index (χ1) is 6.19. The van der Waals surface area contributed by atoms with Crippen LogP contribution in [0.3, 0.4) is 0 Å². The highest BCUT2D eigenvalue weighted by Gasteiger charge is 2.08. The fourth-order valence-electron chi connectivity index (χ4n) is 0.975. The highest BCUT2D eigenvalue weighted by Crippen LogP contribution is 2.25. The Morgan fingerprint density at radius 3 is 2.46 bits per heavy atom. The minimum absolute atomic E-state index is 0.320. The third-order valence-electron chi connectivity index (χ3n) is 1.64. The quantitative estimate of drug-likeness (QED) is 0.752. The van der Waals surface area contributed by atoms with Crippen LogP contribution in [0.4, 0.5) is 0 Å². The molecule has 1 aromatic carbocycles. The molecule has 0 aromatic heterocycles. The van der Waals surface area contributed by atoms with E-state index in [4.69, 9.17) is 9.47 Å². The lowest BCUT2D eigenvalue weighted by molar-refractivity contribution is 0.108. The van der Waals surface area contributed by atoms with E-state index in [1.165, 1.54) is 7.11 Å². The lowest BCUT2D eigenvalue weighted by Crippen LogP contribution is -1.96. The first-order valence-electron chi connectivity index (χ1n) is 3.64. The summed E-state index contributed by atoms with van der Waals surface area (Å²) in [5, 5.41) is -0.320. The molecular formula is C9H10O3S. The van der Waals surface area contributed by atoms with Gasteiger partial charge in [-0.1, -0.05) is 0 Å². The summed E-state index contributed by atoms with van der Waals surface area (Å²) in [4.78, 5) is 11.0. The molecule has 0 amide bonds. The van der Waals surface area contributed by atoms with E-state index in [-0.39, 0.29) is 5.12 Å². The van der Waals surface area contributed by atoms with Crippen molar-refractivity contribution < 1.29 is 14.3 Å². The van der Waals surface area contributed by atoms with E-state index in [2.05, 4.69) is 12.6 Å². The molecule has 0 aliphatic carbocycles. The summed E-state index contributed by atoms with van der Waals surface area (Å²) in [5.74, 6) is 1.12. The van der Waals surface area contributed by atoms with Crippen molar-refractivity contribution in [1.29, 1.82) is 0 Å². The summed E-state index contributed by atoms with van der Waals surface area (Å²) in [6.07, 6.45) is 0. The molecule has 0 saturated carbocycles. The van der Waals surface area contributed by atoms with Gasteiger partial charge in [-0.2, -0.15) is 0 Å². The molecule has 0 radical (unpaired) electrons. The highest BCUT2D eigenvalue weighted by molar-refractivity contribution is 7.97. The highest BCUT2D eigenvalue weighted by atomic mass is 32.1. The molecule has 0 saturated heterocycles. The second kappa shape index (κ2) is 4.18. The van der Waals surface area contributed by atoms with Gasteiger partial charge in [0.1, 0.15) is 11.5 Å². The predicted molar refractivity (Wildman–Crippen MR) is 52.9 cm³/mol. The molecule has 0 aliphatic rings. The molecule has 70 valence electrons. The van der Waals surface area contributed by atoms with Crippen molar-refractivity contribution in [2.75, 3.05) is 14.2 Å². The van der Waals surface area contributed by atoms with E-state index in [0.717, 1.165) is 0 Å². The molecule has 4 heteroatoms. The molecule has 0 unspecified atom stereocenters.